The molecule has 1 aromatic rings. The van der Waals surface area contributed by atoms with Crippen molar-refractivity contribution in [3.05, 3.63) is 35.9 Å². The lowest BCUT2D eigenvalue weighted by Gasteiger charge is -2.27. The van der Waals surface area contributed by atoms with Crippen molar-refractivity contribution in [2.45, 2.75) is 38.5 Å². The molecule has 0 bridgehead atoms. The van der Waals surface area contributed by atoms with Gasteiger partial charge in [-0.2, -0.15) is 0 Å². The van der Waals surface area contributed by atoms with Gasteiger partial charge in [0, 0.05) is 0 Å². The van der Waals surface area contributed by atoms with Crippen LogP contribution in [-0.2, 0) is 10.2 Å². The second kappa shape index (κ2) is 5.66. The second-order valence-corrected chi connectivity index (χ2v) is 4.28. The van der Waals surface area contributed by atoms with Gasteiger partial charge in [0.2, 0.25) is 5.91 Å². The predicted molar refractivity (Wildman–Crippen MR) is 65.6 cm³/mol. The summed E-state index contributed by atoms with van der Waals surface area (Å²) in [6.45, 7) is 4.06. The van der Waals surface area contributed by atoms with Crippen LogP contribution in [0.3, 0.4) is 0 Å². The molecule has 1 aromatic carbocycles. The zero-order valence-corrected chi connectivity index (χ0v) is 9.99. The fraction of sp³-hybridized carbons (Fsp3) is 0.462. The molecule has 3 nitrogen and oxygen atoms in total. The van der Waals surface area contributed by atoms with E-state index in [4.69, 9.17) is 5.84 Å². The number of carbonyl (C=O) groups excluding carboxylic acids is 1. The van der Waals surface area contributed by atoms with E-state index >= 15 is 0 Å². The van der Waals surface area contributed by atoms with Gasteiger partial charge in [-0.1, -0.05) is 50.1 Å². The first-order valence-electron chi connectivity index (χ1n) is 5.71. The molecule has 0 aromatic heterocycles. The SMILES string of the molecule is CCCCC(C)(C(=O)NN)c1ccccc1. The molecule has 88 valence electrons. The summed E-state index contributed by atoms with van der Waals surface area (Å²) in [5.41, 5.74) is 2.77. The number of benzene rings is 1. The Morgan fingerprint density at radius 1 is 1.38 bits per heavy atom. The predicted octanol–water partition coefficient (Wildman–Crippen LogP) is 2.12. The molecule has 0 aliphatic heterocycles. The molecule has 1 atom stereocenters. The highest BCUT2D eigenvalue weighted by Crippen LogP contribution is 2.29. The normalized spacial score (nSPS) is 14.2. The highest BCUT2D eigenvalue weighted by Gasteiger charge is 2.33. The van der Waals surface area contributed by atoms with Crippen molar-refractivity contribution in [3.63, 3.8) is 0 Å². The number of hydrazine groups is 1. The molecule has 0 fully saturated rings. The molecule has 16 heavy (non-hydrogen) atoms. The zero-order valence-electron chi connectivity index (χ0n) is 9.99. The number of unbranched alkanes of at least 4 members (excludes halogenated alkanes) is 1. The average Bonchev–Trinajstić information content (AvgIpc) is 2.36. The minimum absolute atomic E-state index is 0.118. The van der Waals surface area contributed by atoms with Gasteiger partial charge in [-0.3, -0.25) is 10.2 Å². The number of hydrogen-bond donors (Lipinski definition) is 2. The molecule has 0 aliphatic rings. The summed E-state index contributed by atoms with van der Waals surface area (Å²) in [6.07, 6.45) is 2.90. The van der Waals surface area contributed by atoms with Crippen LogP contribution in [0.1, 0.15) is 38.7 Å². The van der Waals surface area contributed by atoms with Gasteiger partial charge in [-0.15, -0.1) is 0 Å². The minimum Gasteiger partial charge on any atom is -0.294 e. The topological polar surface area (TPSA) is 55.1 Å². The van der Waals surface area contributed by atoms with Crippen molar-refractivity contribution in [2.24, 2.45) is 5.84 Å². The maximum Gasteiger partial charge on any atom is 0.244 e. The molecule has 1 rings (SSSR count). The average molecular weight is 220 g/mol. The third-order valence-electron chi connectivity index (χ3n) is 3.07. The monoisotopic (exact) mass is 220 g/mol. The zero-order chi connectivity index (χ0) is 12.0. The number of amides is 1. The van der Waals surface area contributed by atoms with Crippen LogP contribution in [0.2, 0.25) is 0 Å². The van der Waals surface area contributed by atoms with E-state index in [1.807, 2.05) is 37.3 Å². The van der Waals surface area contributed by atoms with Crippen LogP contribution in [0.25, 0.3) is 0 Å². The molecule has 0 saturated heterocycles. The van der Waals surface area contributed by atoms with E-state index in [1.54, 1.807) is 0 Å². The Bertz CT molecular complexity index is 337. The lowest BCUT2D eigenvalue weighted by atomic mass is 9.77. The lowest BCUT2D eigenvalue weighted by Crippen LogP contribution is -2.45. The maximum atomic E-state index is 11.9. The fourth-order valence-electron chi connectivity index (χ4n) is 1.88. The highest BCUT2D eigenvalue weighted by molar-refractivity contribution is 5.87. The number of nitrogens with one attached hydrogen (secondary N) is 1. The van der Waals surface area contributed by atoms with Crippen LogP contribution in [0.4, 0.5) is 0 Å². The molecular weight excluding hydrogens is 200 g/mol. The minimum atomic E-state index is -0.522. The number of carbonyl (C=O) groups is 1. The Morgan fingerprint density at radius 2 is 2.00 bits per heavy atom. The van der Waals surface area contributed by atoms with Gasteiger partial charge in [-0.25, -0.2) is 5.84 Å². The highest BCUT2D eigenvalue weighted by atomic mass is 16.2. The summed E-state index contributed by atoms with van der Waals surface area (Å²) in [6, 6.07) is 9.80. The first kappa shape index (κ1) is 12.7. The van der Waals surface area contributed by atoms with Crippen molar-refractivity contribution < 1.29 is 4.79 Å². The van der Waals surface area contributed by atoms with E-state index in [-0.39, 0.29) is 5.91 Å². The van der Waals surface area contributed by atoms with Gasteiger partial charge in [-0.05, 0) is 18.9 Å². The van der Waals surface area contributed by atoms with Crippen LogP contribution in [0.15, 0.2) is 30.3 Å². The van der Waals surface area contributed by atoms with E-state index in [1.165, 1.54) is 0 Å². The van der Waals surface area contributed by atoms with Gasteiger partial charge < -0.3 is 0 Å². The number of hydrogen-bond acceptors (Lipinski definition) is 2. The molecule has 0 saturated carbocycles. The van der Waals surface area contributed by atoms with Crippen molar-refractivity contribution in [3.8, 4) is 0 Å². The molecule has 1 unspecified atom stereocenters. The van der Waals surface area contributed by atoms with E-state index < -0.39 is 5.41 Å². The van der Waals surface area contributed by atoms with Crippen LogP contribution in [-0.4, -0.2) is 5.91 Å². The third kappa shape index (κ3) is 2.61. The Hall–Kier alpha value is -1.35. The smallest absolute Gasteiger partial charge is 0.244 e. The van der Waals surface area contributed by atoms with E-state index in [9.17, 15) is 4.79 Å². The van der Waals surface area contributed by atoms with Gasteiger partial charge in [0.15, 0.2) is 0 Å². The van der Waals surface area contributed by atoms with E-state index in [2.05, 4.69) is 12.3 Å². The Kier molecular flexibility index (Phi) is 4.50. The Labute approximate surface area is 97.0 Å². The standard InChI is InChI=1S/C13H20N2O/c1-3-4-10-13(2,12(16)15-14)11-8-6-5-7-9-11/h5-9H,3-4,10,14H2,1-2H3,(H,15,16). The van der Waals surface area contributed by atoms with Crippen LogP contribution < -0.4 is 11.3 Å². The van der Waals surface area contributed by atoms with Gasteiger partial charge in [0.25, 0.3) is 0 Å². The quantitative estimate of drug-likeness (QED) is 0.453. The lowest BCUT2D eigenvalue weighted by molar-refractivity contribution is -0.126. The number of rotatable bonds is 5. The Balaban J connectivity index is 2.99. The molecule has 3 N–H and O–H groups in total. The molecule has 1 amide bonds. The number of nitrogens with two attached hydrogens (primary N) is 1. The second-order valence-electron chi connectivity index (χ2n) is 4.28. The summed E-state index contributed by atoms with van der Waals surface area (Å²) in [5.74, 6) is 5.15. The molecule has 3 heteroatoms. The van der Waals surface area contributed by atoms with Gasteiger partial charge in [0.1, 0.15) is 0 Å². The summed E-state index contributed by atoms with van der Waals surface area (Å²) in [4.78, 5) is 11.9. The van der Waals surface area contributed by atoms with Crippen molar-refractivity contribution in [1.29, 1.82) is 0 Å². The summed E-state index contributed by atoms with van der Waals surface area (Å²) >= 11 is 0. The first-order chi connectivity index (χ1) is 7.65. The van der Waals surface area contributed by atoms with Gasteiger partial charge >= 0.3 is 0 Å². The van der Waals surface area contributed by atoms with Crippen LogP contribution in [0.5, 0.6) is 0 Å². The molecule has 0 aliphatic carbocycles. The third-order valence-corrected chi connectivity index (χ3v) is 3.07. The summed E-state index contributed by atoms with van der Waals surface area (Å²) in [7, 11) is 0. The summed E-state index contributed by atoms with van der Waals surface area (Å²) < 4.78 is 0. The maximum absolute atomic E-state index is 11.9. The summed E-state index contributed by atoms with van der Waals surface area (Å²) in [5, 5.41) is 0. The fourth-order valence-corrected chi connectivity index (χ4v) is 1.88. The largest absolute Gasteiger partial charge is 0.294 e. The van der Waals surface area contributed by atoms with Crippen molar-refractivity contribution in [2.75, 3.05) is 0 Å². The van der Waals surface area contributed by atoms with Crippen LogP contribution >= 0.6 is 0 Å². The Morgan fingerprint density at radius 3 is 2.50 bits per heavy atom. The van der Waals surface area contributed by atoms with E-state index in [0.29, 0.717) is 0 Å². The first-order valence-corrected chi connectivity index (χ1v) is 5.71. The van der Waals surface area contributed by atoms with Crippen LogP contribution in [0, 0.1) is 0 Å². The van der Waals surface area contributed by atoms with E-state index in [0.717, 1.165) is 24.8 Å². The molecule has 0 radical (unpaired) electrons. The van der Waals surface area contributed by atoms with Gasteiger partial charge in [0.05, 0.1) is 5.41 Å². The molecular formula is C13H20N2O. The van der Waals surface area contributed by atoms with Crippen molar-refractivity contribution in [1.82, 2.24) is 5.43 Å². The molecule has 0 heterocycles. The van der Waals surface area contributed by atoms with Crippen molar-refractivity contribution >= 4 is 5.91 Å². The molecule has 0 spiro atoms.